The number of aliphatic imine (C=N–C) groups is 1. The minimum absolute atomic E-state index is 0.212. The Morgan fingerprint density at radius 1 is 1.32 bits per heavy atom. The molecule has 8 nitrogen and oxygen atoms in total. The summed E-state index contributed by atoms with van der Waals surface area (Å²) < 4.78 is 10.9. The molecule has 1 unspecified atom stereocenters. The molecule has 0 fully saturated rings. The summed E-state index contributed by atoms with van der Waals surface area (Å²) >= 11 is 0. The zero-order chi connectivity index (χ0) is 22.8. The number of ether oxygens (including phenoxy) is 2. The van der Waals surface area contributed by atoms with E-state index in [4.69, 9.17) is 9.47 Å². The Morgan fingerprint density at radius 2 is 2.06 bits per heavy atom. The number of rotatable bonds is 6. The van der Waals surface area contributed by atoms with Crippen molar-refractivity contribution in [3.63, 3.8) is 0 Å². The van der Waals surface area contributed by atoms with Crippen molar-refractivity contribution in [1.29, 1.82) is 0 Å². The van der Waals surface area contributed by atoms with E-state index in [9.17, 15) is 9.59 Å². The molecular weight excluding hydrogens is 396 g/mol. The van der Waals surface area contributed by atoms with Gasteiger partial charge in [0, 0.05) is 53.9 Å². The number of H-pyrrole nitrogens is 1. The summed E-state index contributed by atoms with van der Waals surface area (Å²) in [5.74, 6) is -0.509. The highest BCUT2D eigenvalue weighted by molar-refractivity contribution is 6.00. The van der Waals surface area contributed by atoms with Gasteiger partial charge in [-0.2, -0.15) is 0 Å². The summed E-state index contributed by atoms with van der Waals surface area (Å²) in [6.07, 6.45) is 0.958. The summed E-state index contributed by atoms with van der Waals surface area (Å²) in [5.41, 5.74) is 2.34. The van der Waals surface area contributed by atoms with Crippen LogP contribution >= 0.6 is 0 Å². The molecule has 1 aliphatic rings. The van der Waals surface area contributed by atoms with Crippen LogP contribution in [0.5, 0.6) is 5.75 Å². The van der Waals surface area contributed by atoms with Gasteiger partial charge in [0.25, 0.3) is 0 Å². The molecule has 0 spiro atoms. The second-order valence-corrected chi connectivity index (χ2v) is 9.08. The smallest absolute Gasteiger partial charge is 0.412 e. The van der Waals surface area contributed by atoms with Crippen molar-refractivity contribution in [2.45, 2.75) is 45.1 Å². The lowest BCUT2D eigenvalue weighted by Gasteiger charge is -2.23. The van der Waals surface area contributed by atoms with Crippen molar-refractivity contribution in [3.05, 3.63) is 29.5 Å². The average Bonchev–Trinajstić information content (AvgIpc) is 2.97. The molecule has 3 rings (SSSR count). The number of nitrogens with one attached hydrogen (secondary N) is 2. The van der Waals surface area contributed by atoms with E-state index < -0.39 is 12.0 Å². The van der Waals surface area contributed by atoms with Crippen LogP contribution in [0.25, 0.3) is 10.9 Å². The Labute approximate surface area is 183 Å². The first kappa shape index (κ1) is 22.8. The monoisotopic (exact) mass is 428 g/mol. The Kier molecular flexibility index (Phi) is 6.69. The summed E-state index contributed by atoms with van der Waals surface area (Å²) in [7, 11) is 3.87. The molecule has 1 atom stereocenters. The number of carbonyl (C=O) groups is 2. The van der Waals surface area contributed by atoms with E-state index in [0.29, 0.717) is 18.8 Å². The quantitative estimate of drug-likeness (QED) is 0.689. The van der Waals surface area contributed by atoms with Gasteiger partial charge in [-0.25, -0.2) is 4.79 Å². The van der Waals surface area contributed by atoms with Crippen LogP contribution in [0.3, 0.4) is 0 Å². The minimum Gasteiger partial charge on any atom is -0.462 e. The molecule has 1 aliphatic heterocycles. The van der Waals surface area contributed by atoms with Gasteiger partial charge in [0.05, 0.1) is 6.10 Å². The lowest BCUT2D eigenvalue weighted by atomic mass is 9.81. The molecule has 2 N–H and O–H groups in total. The summed E-state index contributed by atoms with van der Waals surface area (Å²) in [6.45, 7) is 9.65. The van der Waals surface area contributed by atoms with Crippen LogP contribution in [-0.2, 0) is 14.9 Å². The highest BCUT2D eigenvalue weighted by Gasteiger charge is 2.36. The van der Waals surface area contributed by atoms with Crippen molar-refractivity contribution in [2.24, 2.45) is 4.99 Å². The van der Waals surface area contributed by atoms with E-state index in [1.807, 2.05) is 38.9 Å². The molecular formula is C23H32N4O4. The lowest BCUT2D eigenvalue weighted by molar-refractivity contribution is -0.147. The standard InChI is InChI=1S/C23H32N4O4/c1-14(2)30-21(28)17-12-24-13-23(3,4)19-16-8-7-15(11-18(16)26-20(17)19)31-22(29)25-9-10-27(5)6/h7-8,11-12,14,17,26H,9-10,13H2,1-6H3,(H,25,29). The molecule has 0 aliphatic carbocycles. The average molecular weight is 429 g/mol. The van der Waals surface area contributed by atoms with Crippen LogP contribution in [0.1, 0.15) is 44.9 Å². The van der Waals surface area contributed by atoms with Gasteiger partial charge in [-0.05, 0) is 45.6 Å². The molecule has 0 saturated heterocycles. The SMILES string of the molecule is CC(C)OC(=O)C1C=NCC(C)(C)c2c1[nH]c1cc(OC(=O)NCCN(C)C)ccc21. The molecule has 1 aromatic carbocycles. The Bertz CT molecular complexity index is 991. The van der Waals surface area contributed by atoms with Gasteiger partial charge in [0.1, 0.15) is 11.7 Å². The van der Waals surface area contributed by atoms with Gasteiger partial charge in [0.15, 0.2) is 0 Å². The highest BCUT2D eigenvalue weighted by atomic mass is 16.6. The van der Waals surface area contributed by atoms with Gasteiger partial charge in [-0.3, -0.25) is 9.79 Å². The number of nitrogens with zero attached hydrogens (tertiary/aromatic N) is 2. The van der Waals surface area contributed by atoms with Crippen molar-refractivity contribution in [2.75, 3.05) is 33.7 Å². The number of carbonyl (C=O) groups excluding carboxylic acids is 2. The first-order valence-electron chi connectivity index (χ1n) is 10.6. The van der Waals surface area contributed by atoms with E-state index in [0.717, 1.165) is 28.7 Å². The number of hydrogen-bond donors (Lipinski definition) is 2. The molecule has 168 valence electrons. The second kappa shape index (κ2) is 9.09. The number of fused-ring (bicyclic) bond motifs is 3. The maximum atomic E-state index is 12.8. The summed E-state index contributed by atoms with van der Waals surface area (Å²) in [5, 5.41) is 3.71. The molecule has 0 radical (unpaired) electrons. The molecule has 0 saturated carbocycles. The van der Waals surface area contributed by atoms with E-state index >= 15 is 0 Å². The van der Waals surface area contributed by atoms with Crippen LogP contribution in [0.2, 0.25) is 0 Å². The van der Waals surface area contributed by atoms with Crippen LogP contribution in [0, 0.1) is 0 Å². The maximum absolute atomic E-state index is 12.8. The fourth-order valence-electron chi connectivity index (χ4n) is 3.77. The van der Waals surface area contributed by atoms with Gasteiger partial charge >= 0.3 is 12.1 Å². The predicted molar refractivity (Wildman–Crippen MR) is 121 cm³/mol. The topological polar surface area (TPSA) is 96.0 Å². The minimum atomic E-state index is -0.606. The van der Waals surface area contributed by atoms with Crippen LogP contribution < -0.4 is 10.1 Å². The Morgan fingerprint density at radius 3 is 2.74 bits per heavy atom. The molecule has 2 aromatic rings. The second-order valence-electron chi connectivity index (χ2n) is 9.08. The van der Waals surface area contributed by atoms with Crippen molar-refractivity contribution in [1.82, 2.24) is 15.2 Å². The number of amides is 1. The molecule has 1 aromatic heterocycles. The first-order valence-corrected chi connectivity index (χ1v) is 10.6. The summed E-state index contributed by atoms with van der Waals surface area (Å²) in [4.78, 5) is 34.7. The van der Waals surface area contributed by atoms with Crippen molar-refractivity contribution in [3.8, 4) is 5.75 Å². The third kappa shape index (κ3) is 5.25. The van der Waals surface area contributed by atoms with E-state index in [2.05, 4.69) is 29.1 Å². The first-order chi connectivity index (χ1) is 14.6. The Hall–Kier alpha value is -2.87. The lowest BCUT2D eigenvalue weighted by Crippen LogP contribution is -2.33. The third-order valence-electron chi connectivity index (χ3n) is 5.17. The third-order valence-corrected chi connectivity index (χ3v) is 5.17. The molecule has 1 amide bonds. The predicted octanol–water partition coefficient (Wildman–Crippen LogP) is 3.22. The zero-order valence-electron chi connectivity index (χ0n) is 19.1. The van der Waals surface area contributed by atoms with Crippen LogP contribution in [0.15, 0.2) is 23.2 Å². The van der Waals surface area contributed by atoms with Crippen molar-refractivity contribution < 1.29 is 19.1 Å². The number of likely N-dealkylation sites (N-methyl/N-ethyl adjacent to an activating group) is 1. The number of aromatic amines is 1. The Balaban J connectivity index is 1.92. The number of esters is 1. The fourth-order valence-corrected chi connectivity index (χ4v) is 3.77. The summed E-state index contributed by atoms with van der Waals surface area (Å²) in [6, 6.07) is 5.48. The van der Waals surface area contributed by atoms with E-state index in [-0.39, 0.29) is 17.5 Å². The van der Waals surface area contributed by atoms with Gasteiger partial charge in [-0.15, -0.1) is 0 Å². The highest BCUT2D eigenvalue weighted by Crippen LogP contribution is 2.40. The van der Waals surface area contributed by atoms with E-state index in [1.165, 1.54) is 0 Å². The maximum Gasteiger partial charge on any atom is 0.412 e. The van der Waals surface area contributed by atoms with Crippen molar-refractivity contribution >= 4 is 29.2 Å². The fraction of sp³-hybridized carbons (Fsp3) is 0.522. The normalized spacial score (nSPS) is 17.5. The van der Waals surface area contributed by atoms with Crippen LogP contribution in [-0.4, -0.2) is 68.0 Å². The number of benzene rings is 1. The zero-order valence-corrected chi connectivity index (χ0v) is 19.1. The largest absolute Gasteiger partial charge is 0.462 e. The molecule has 31 heavy (non-hydrogen) atoms. The molecule has 2 heterocycles. The van der Waals surface area contributed by atoms with Gasteiger partial charge in [-0.1, -0.05) is 13.8 Å². The molecule has 8 heteroatoms. The van der Waals surface area contributed by atoms with Crippen LogP contribution in [0.4, 0.5) is 4.79 Å². The van der Waals surface area contributed by atoms with E-state index in [1.54, 1.807) is 18.3 Å². The molecule has 0 bridgehead atoms. The van der Waals surface area contributed by atoms with Gasteiger partial charge < -0.3 is 24.7 Å². The van der Waals surface area contributed by atoms with Gasteiger partial charge in [0.2, 0.25) is 0 Å². The number of aromatic nitrogens is 1. The number of hydrogen-bond acceptors (Lipinski definition) is 6.